The number of carbonyl (C=O) groups is 1. The van der Waals surface area contributed by atoms with Crippen molar-refractivity contribution in [1.29, 1.82) is 0 Å². The summed E-state index contributed by atoms with van der Waals surface area (Å²) in [5, 5.41) is 7.59. The Hall–Kier alpha value is -2.83. The summed E-state index contributed by atoms with van der Waals surface area (Å²) in [6.07, 6.45) is 0.739. The van der Waals surface area contributed by atoms with Gasteiger partial charge in [0.05, 0.1) is 17.3 Å². The molecule has 0 fully saturated rings. The number of nitrogens with zero attached hydrogens (tertiary/aromatic N) is 3. The first-order valence-corrected chi connectivity index (χ1v) is 9.28. The summed E-state index contributed by atoms with van der Waals surface area (Å²) in [7, 11) is 0. The monoisotopic (exact) mass is 370 g/mol. The van der Waals surface area contributed by atoms with Crippen LogP contribution in [0.1, 0.15) is 48.8 Å². The van der Waals surface area contributed by atoms with Crippen LogP contribution < -0.4 is 11.1 Å². The Bertz CT molecular complexity index is 1040. The molecule has 7 heteroatoms. The second-order valence-electron chi connectivity index (χ2n) is 6.85. The van der Waals surface area contributed by atoms with Crippen molar-refractivity contribution in [3.8, 4) is 0 Å². The highest BCUT2D eigenvalue weighted by Crippen LogP contribution is 2.24. The molecule has 1 N–H and O–H groups in total. The van der Waals surface area contributed by atoms with Gasteiger partial charge in [-0.25, -0.2) is 4.79 Å². The summed E-state index contributed by atoms with van der Waals surface area (Å²) < 4.78 is 8.56. The van der Waals surface area contributed by atoms with Crippen molar-refractivity contribution < 1.29 is 9.21 Å². The predicted octanol–water partition coefficient (Wildman–Crippen LogP) is 3.00. The molecule has 1 unspecified atom stereocenters. The molecule has 1 atom stereocenters. The van der Waals surface area contributed by atoms with Crippen LogP contribution in [0.2, 0.25) is 0 Å². The lowest BCUT2D eigenvalue weighted by Crippen LogP contribution is -2.34. The lowest BCUT2D eigenvalue weighted by molar-refractivity contribution is -0.122. The topological polar surface area (TPSA) is 82.1 Å². The summed E-state index contributed by atoms with van der Waals surface area (Å²) >= 11 is 0. The number of aryl methyl sites for hydroxylation is 3. The van der Waals surface area contributed by atoms with Gasteiger partial charge in [0.2, 0.25) is 5.91 Å². The maximum atomic E-state index is 12.7. The van der Waals surface area contributed by atoms with Crippen molar-refractivity contribution >= 4 is 17.0 Å². The highest BCUT2D eigenvalue weighted by molar-refractivity contribution is 5.80. The average Bonchev–Trinajstić information content (AvgIpc) is 3.09. The van der Waals surface area contributed by atoms with Crippen molar-refractivity contribution in [1.82, 2.24) is 19.7 Å². The minimum atomic E-state index is -0.523. The maximum Gasteiger partial charge on any atom is 0.420 e. The molecule has 0 bridgehead atoms. The van der Waals surface area contributed by atoms with Crippen LogP contribution in [0, 0.1) is 20.8 Å². The van der Waals surface area contributed by atoms with E-state index in [1.165, 1.54) is 4.57 Å². The smallest absolute Gasteiger partial charge is 0.408 e. The molecule has 144 valence electrons. The fraction of sp³-hybridized carbons (Fsp3) is 0.450. The van der Waals surface area contributed by atoms with Crippen LogP contribution in [0.25, 0.3) is 11.1 Å². The first-order chi connectivity index (χ1) is 12.8. The van der Waals surface area contributed by atoms with E-state index in [9.17, 15) is 9.59 Å². The molecule has 0 aliphatic carbocycles. The minimum absolute atomic E-state index is 0.0776. The highest BCUT2D eigenvalue weighted by Gasteiger charge is 2.22. The highest BCUT2D eigenvalue weighted by atomic mass is 16.4. The van der Waals surface area contributed by atoms with Crippen LogP contribution >= 0.6 is 0 Å². The number of fused-ring (bicyclic) bond motifs is 1. The molecular weight excluding hydrogens is 344 g/mol. The number of aromatic nitrogens is 3. The Morgan fingerprint density at radius 1 is 1.26 bits per heavy atom. The molecule has 3 aromatic rings. The first kappa shape index (κ1) is 18.9. The minimum Gasteiger partial charge on any atom is -0.408 e. The third-order valence-electron chi connectivity index (χ3n) is 4.95. The lowest BCUT2D eigenvalue weighted by atomic mass is 10.0. The van der Waals surface area contributed by atoms with E-state index < -0.39 is 5.76 Å². The molecule has 0 aliphatic heterocycles. The molecule has 0 saturated heterocycles. The molecule has 0 spiro atoms. The number of nitrogens with one attached hydrogen (secondary N) is 1. The number of rotatable bonds is 6. The Kier molecular flexibility index (Phi) is 5.21. The quantitative estimate of drug-likeness (QED) is 0.723. The normalized spacial score (nSPS) is 12.5. The van der Waals surface area contributed by atoms with Gasteiger partial charge >= 0.3 is 5.76 Å². The van der Waals surface area contributed by atoms with Gasteiger partial charge in [0.25, 0.3) is 0 Å². The molecule has 1 amide bonds. The van der Waals surface area contributed by atoms with E-state index in [2.05, 4.69) is 10.4 Å². The second kappa shape index (κ2) is 7.42. The Labute approximate surface area is 158 Å². The summed E-state index contributed by atoms with van der Waals surface area (Å²) in [6.45, 7) is 10.7. The lowest BCUT2D eigenvalue weighted by Gasteiger charge is -2.18. The van der Waals surface area contributed by atoms with Gasteiger partial charge in [-0.1, -0.05) is 13.0 Å². The number of amides is 1. The Morgan fingerprint density at radius 3 is 2.63 bits per heavy atom. The zero-order valence-corrected chi connectivity index (χ0v) is 16.5. The number of hydrogen-bond acceptors (Lipinski definition) is 4. The number of oxazole rings is 1. The van der Waals surface area contributed by atoms with Crippen LogP contribution in [0.3, 0.4) is 0 Å². The maximum absolute atomic E-state index is 12.7. The molecule has 2 heterocycles. The van der Waals surface area contributed by atoms with Crippen LogP contribution in [0.5, 0.6) is 0 Å². The van der Waals surface area contributed by atoms with Crippen LogP contribution in [-0.4, -0.2) is 20.3 Å². The molecule has 27 heavy (non-hydrogen) atoms. The largest absolute Gasteiger partial charge is 0.420 e. The van der Waals surface area contributed by atoms with Crippen LogP contribution in [0.15, 0.2) is 27.4 Å². The van der Waals surface area contributed by atoms with E-state index >= 15 is 0 Å². The van der Waals surface area contributed by atoms with Crippen molar-refractivity contribution in [2.24, 2.45) is 0 Å². The fourth-order valence-electron chi connectivity index (χ4n) is 3.61. The number of benzene rings is 1. The summed E-state index contributed by atoms with van der Waals surface area (Å²) in [4.78, 5) is 24.9. The van der Waals surface area contributed by atoms with Crippen LogP contribution in [0.4, 0.5) is 0 Å². The molecular formula is C20H26N4O3. The molecule has 2 aromatic heterocycles. The van der Waals surface area contributed by atoms with Gasteiger partial charge in [0.1, 0.15) is 6.54 Å². The third kappa shape index (κ3) is 3.54. The van der Waals surface area contributed by atoms with E-state index in [-0.39, 0.29) is 18.5 Å². The molecule has 0 radical (unpaired) electrons. The van der Waals surface area contributed by atoms with Crippen LogP contribution in [-0.2, 0) is 17.9 Å². The van der Waals surface area contributed by atoms with E-state index in [4.69, 9.17) is 4.42 Å². The predicted molar refractivity (Wildman–Crippen MR) is 104 cm³/mol. The first-order valence-electron chi connectivity index (χ1n) is 9.28. The van der Waals surface area contributed by atoms with Gasteiger partial charge < -0.3 is 9.73 Å². The van der Waals surface area contributed by atoms with Gasteiger partial charge in [-0.15, -0.1) is 0 Å². The second-order valence-corrected chi connectivity index (χ2v) is 6.85. The third-order valence-corrected chi connectivity index (χ3v) is 4.95. The summed E-state index contributed by atoms with van der Waals surface area (Å²) in [5.41, 5.74) is 5.15. The molecule has 3 rings (SSSR count). The van der Waals surface area contributed by atoms with Gasteiger partial charge in [-0.05, 0) is 51.8 Å². The van der Waals surface area contributed by atoms with E-state index in [0.717, 1.165) is 35.5 Å². The van der Waals surface area contributed by atoms with Gasteiger partial charge in [-0.2, -0.15) is 5.10 Å². The Balaban J connectivity index is 1.85. The summed E-state index contributed by atoms with van der Waals surface area (Å²) in [5.74, 6) is -0.749. The number of carbonyl (C=O) groups excluding carboxylic acids is 1. The number of hydrogen-bond donors (Lipinski definition) is 1. The SMILES string of the molecule is CCC(NC(=O)Cn1c(=O)oc2ccc(C)cc21)c1c(C)nn(CC)c1C. The van der Waals surface area contributed by atoms with Crippen molar-refractivity contribution in [3.05, 3.63) is 51.3 Å². The van der Waals surface area contributed by atoms with Gasteiger partial charge in [-0.3, -0.25) is 14.0 Å². The van der Waals surface area contributed by atoms with Gasteiger partial charge in [0, 0.05) is 17.8 Å². The van der Waals surface area contributed by atoms with Gasteiger partial charge in [0.15, 0.2) is 5.58 Å². The van der Waals surface area contributed by atoms with Crippen molar-refractivity contribution in [2.45, 2.75) is 60.2 Å². The average molecular weight is 370 g/mol. The van der Waals surface area contributed by atoms with E-state index in [1.807, 2.05) is 51.4 Å². The van der Waals surface area contributed by atoms with Crippen molar-refractivity contribution in [2.75, 3.05) is 0 Å². The van der Waals surface area contributed by atoms with E-state index in [0.29, 0.717) is 11.1 Å². The fourth-order valence-corrected chi connectivity index (χ4v) is 3.61. The van der Waals surface area contributed by atoms with E-state index in [1.54, 1.807) is 6.07 Å². The molecule has 0 aliphatic rings. The summed E-state index contributed by atoms with van der Waals surface area (Å²) in [6, 6.07) is 5.33. The van der Waals surface area contributed by atoms with Crippen molar-refractivity contribution in [3.63, 3.8) is 0 Å². The standard InChI is InChI=1S/C20H26N4O3/c1-6-15(19-13(4)22-24(7-2)14(19)5)21-18(25)11-23-16-10-12(3)8-9-17(16)27-20(23)26/h8-10,15H,6-7,11H2,1-5H3,(H,21,25). The molecule has 1 aromatic carbocycles. The zero-order chi connectivity index (χ0) is 19.7. The Morgan fingerprint density at radius 2 is 2.00 bits per heavy atom. The zero-order valence-electron chi connectivity index (χ0n) is 16.5. The molecule has 0 saturated carbocycles. The molecule has 7 nitrogen and oxygen atoms in total.